The topological polar surface area (TPSA) is 127 Å². The number of amides is 3. The van der Waals surface area contributed by atoms with Gasteiger partial charge in [0.05, 0.1) is 18.8 Å². The first-order valence-corrected chi connectivity index (χ1v) is 12.0. The maximum absolute atomic E-state index is 13.7. The predicted molar refractivity (Wildman–Crippen MR) is 132 cm³/mol. The fourth-order valence-corrected chi connectivity index (χ4v) is 4.54. The lowest BCUT2D eigenvalue weighted by atomic mass is 9.88. The number of aromatic nitrogens is 1. The van der Waals surface area contributed by atoms with Crippen LogP contribution in [0.5, 0.6) is 0 Å². The fraction of sp³-hybridized carbons (Fsp3) is 0.462. The molecule has 1 aromatic carbocycles. The zero-order valence-electron chi connectivity index (χ0n) is 20.7. The highest BCUT2D eigenvalue weighted by Crippen LogP contribution is 2.32. The van der Waals surface area contributed by atoms with Crippen molar-refractivity contribution in [2.45, 2.75) is 44.0 Å². The van der Waals surface area contributed by atoms with Crippen molar-refractivity contribution in [1.82, 2.24) is 20.1 Å². The zero-order valence-corrected chi connectivity index (χ0v) is 20.7. The first-order chi connectivity index (χ1) is 17.2. The van der Waals surface area contributed by atoms with Gasteiger partial charge in [-0.15, -0.1) is 0 Å². The number of carbonyl (C=O) groups excluding carboxylic acids is 3. The normalized spacial score (nSPS) is 20.5. The molecular formula is C26H33N5O5. The molecule has 192 valence electrons. The number of carbonyl (C=O) groups is 3. The highest BCUT2D eigenvalue weighted by molar-refractivity contribution is 5.91. The number of nitrogens with one attached hydrogen (secondary N) is 1. The minimum Gasteiger partial charge on any atom is -0.447 e. The number of benzene rings is 1. The van der Waals surface area contributed by atoms with Gasteiger partial charge in [-0.3, -0.25) is 19.5 Å². The van der Waals surface area contributed by atoms with Gasteiger partial charge in [-0.25, -0.2) is 4.79 Å². The standard InChI is InChI=1S/C26H33N5O5/c1-25(2,27)23(33)29-21(16-35-15-19-7-4-3-5-8-19)22(32)30-11-12-31-24(34)36-18-26(31,17-30)13-20-9-6-10-28-14-20/h3-10,14,21H,11-13,15-18,27H2,1-2H3,(H,29,33). The van der Waals surface area contributed by atoms with E-state index in [1.54, 1.807) is 36.0 Å². The summed E-state index contributed by atoms with van der Waals surface area (Å²) in [5.41, 5.74) is 6.00. The SMILES string of the molecule is CC(C)(N)C(=O)NC(COCc1ccccc1)C(=O)N1CCN2C(=O)OCC2(Cc2cccnc2)C1. The number of hydrogen-bond donors (Lipinski definition) is 2. The molecule has 2 aliphatic heterocycles. The minimum atomic E-state index is -1.16. The van der Waals surface area contributed by atoms with Crippen LogP contribution in [-0.2, 0) is 32.1 Å². The quantitative estimate of drug-likeness (QED) is 0.533. The van der Waals surface area contributed by atoms with Crippen LogP contribution in [0.2, 0.25) is 0 Å². The van der Waals surface area contributed by atoms with E-state index in [4.69, 9.17) is 15.2 Å². The number of fused-ring (bicyclic) bond motifs is 1. The monoisotopic (exact) mass is 495 g/mol. The molecular weight excluding hydrogens is 462 g/mol. The third-order valence-electron chi connectivity index (χ3n) is 6.49. The van der Waals surface area contributed by atoms with Gasteiger partial charge in [0.15, 0.2) is 0 Å². The van der Waals surface area contributed by atoms with E-state index in [1.807, 2.05) is 42.5 Å². The lowest BCUT2D eigenvalue weighted by Crippen LogP contribution is -2.66. The molecule has 2 aromatic rings. The summed E-state index contributed by atoms with van der Waals surface area (Å²) in [7, 11) is 0. The maximum Gasteiger partial charge on any atom is 0.410 e. The number of cyclic esters (lactones) is 1. The van der Waals surface area contributed by atoms with Crippen molar-refractivity contribution in [3.05, 3.63) is 66.0 Å². The van der Waals surface area contributed by atoms with Gasteiger partial charge in [-0.1, -0.05) is 36.4 Å². The van der Waals surface area contributed by atoms with Crippen LogP contribution in [0.25, 0.3) is 0 Å². The Hall–Kier alpha value is -3.50. The molecule has 2 aliphatic rings. The fourth-order valence-electron chi connectivity index (χ4n) is 4.54. The van der Waals surface area contributed by atoms with Gasteiger partial charge in [0.1, 0.15) is 18.2 Å². The molecule has 2 saturated heterocycles. The molecule has 10 nitrogen and oxygen atoms in total. The van der Waals surface area contributed by atoms with Crippen molar-refractivity contribution in [3.63, 3.8) is 0 Å². The van der Waals surface area contributed by atoms with Crippen LogP contribution in [0, 0.1) is 0 Å². The number of piperazine rings is 1. The Bertz CT molecular complexity index is 1080. The summed E-state index contributed by atoms with van der Waals surface area (Å²) in [4.78, 5) is 46.4. The molecule has 4 rings (SSSR count). The van der Waals surface area contributed by atoms with Gasteiger partial charge in [0, 0.05) is 38.4 Å². The zero-order chi connectivity index (χ0) is 25.8. The molecule has 2 atom stereocenters. The van der Waals surface area contributed by atoms with E-state index in [-0.39, 0.29) is 31.8 Å². The third kappa shape index (κ3) is 5.83. The summed E-state index contributed by atoms with van der Waals surface area (Å²) >= 11 is 0. The van der Waals surface area contributed by atoms with Crippen molar-refractivity contribution in [2.24, 2.45) is 5.73 Å². The van der Waals surface area contributed by atoms with Crippen molar-refractivity contribution >= 4 is 17.9 Å². The number of hydrogen-bond acceptors (Lipinski definition) is 7. The van der Waals surface area contributed by atoms with Crippen molar-refractivity contribution in [2.75, 3.05) is 32.8 Å². The molecule has 1 aromatic heterocycles. The molecule has 0 saturated carbocycles. The second-order valence-electron chi connectivity index (χ2n) is 9.98. The lowest BCUT2D eigenvalue weighted by Gasteiger charge is -2.45. The van der Waals surface area contributed by atoms with E-state index in [1.165, 1.54) is 0 Å². The summed E-state index contributed by atoms with van der Waals surface area (Å²) in [5, 5.41) is 2.77. The highest BCUT2D eigenvalue weighted by Gasteiger charge is 2.52. The second-order valence-corrected chi connectivity index (χ2v) is 9.98. The molecule has 0 bridgehead atoms. The predicted octanol–water partition coefficient (Wildman–Crippen LogP) is 1.10. The summed E-state index contributed by atoms with van der Waals surface area (Å²) in [6.45, 7) is 4.54. The van der Waals surface area contributed by atoms with E-state index in [0.717, 1.165) is 11.1 Å². The lowest BCUT2D eigenvalue weighted by molar-refractivity contribution is -0.142. The molecule has 0 aliphatic carbocycles. The van der Waals surface area contributed by atoms with E-state index >= 15 is 0 Å². The molecule has 36 heavy (non-hydrogen) atoms. The first kappa shape index (κ1) is 25.6. The molecule has 3 N–H and O–H groups in total. The summed E-state index contributed by atoms with van der Waals surface area (Å²) < 4.78 is 11.2. The minimum absolute atomic E-state index is 0.0131. The van der Waals surface area contributed by atoms with E-state index < -0.39 is 23.0 Å². The van der Waals surface area contributed by atoms with Gasteiger partial charge in [-0.05, 0) is 31.0 Å². The molecule has 0 spiro atoms. The van der Waals surface area contributed by atoms with Crippen molar-refractivity contribution in [1.29, 1.82) is 0 Å². The Balaban J connectivity index is 1.50. The van der Waals surface area contributed by atoms with Crippen LogP contribution in [0.3, 0.4) is 0 Å². The van der Waals surface area contributed by atoms with Crippen LogP contribution in [0.1, 0.15) is 25.0 Å². The molecule has 2 fully saturated rings. The van der Waals surface area contributed by atoms with Crippen LogP contribution < -0.4 is 11.1 Å². The smallest absolute Gasteiger partial charge is 0.410 e. The molecule has 3 heterocycles. The number of nitrogens with zero attached hydrogens (tertiary/aromatic N) is 3. The second kappa shape index (κ2) is 10.6. The Labute approximate surface area is 210 Å². The Morgan fingerprint density at radius 3 is 2.64 bits per heavy atom. The van der Waals surface area contributed by atoms with Gasteiger partial charge < -0.3 is 25.4 Å². The van der Waals surface area contributed by atoms with Gasteiger partial charge in [0.2, 0.25) is 11.8 Å². The number of ether oxygens (including phenoxy) is 2. The van der Waals surface area contributed by atoms with E-state index in [2.05, 4.69) is 10.3 Å². The summed E-state index contributed by atoms with van der Waals surface area (Å²) in [5.74, 6) is -0.738. The molecule has 2 unspecified atom stereocenters. The van der Waals surface area contributed by atoms with Gasteiger partial charge >= 0.3 is 6.09 Å². The summed E-state index contributed by atoms with van der Waals surface area (Å²) in [6.07, 6.45) is 3.55. The van der Waals surface area contributed by atoms with Gasteiger partial charge in [0.25, 0.3) is 0 Å². The van der Waals surface area contributed by atoms with E-state index in [9.17, 15) is 14.4 Å². The largest absolute Gasteiger partial charge is 0.447 e. The number of nitrogens with two attached hydrogens (primary N) is 1. The average Bonchev–Trinajstić information content (AvgIpc) is 3.18. The van der Waals surface area contributed by atoms with Gasteiger partial charge in [-0.2, -0.15) is 0 Å². The highest BCUT2D eigenvalue weighted by atomic mass is 16.6. The summed E-state index contributed by atoms with van der Waals surface area (Å²) in [6, 6.07) is 12.4. The van der Waals surface area contributed by atoms with E-state index in [0.29, 0.717) is 26.1 Å². The van der Waals surface area contributed by atoms with Crippen molar-refractivity contribution in [3.8, 4) is 0 Å². The number of pyridine rings is 1. The molecule has 10 heteroatoms. The maximum atomic E-state index is 13.7. The first-order valence-electron chi connectivity index (χ1n) is 12.0. The molecule has 0 radical (unpaired) electrons. The Kier molecular flexibility index (Phi) is 7.56. The van der Waals surface area contributed by atoms with Crippen LogP contribution in [0.4, 0.5) is 4.79 Å². The average molecular weight is 496 g/mol. The van der Waals surface area contributed by atoms with Crippen LogP contribution >= 0.6 is 0 Å². The molecule has 3 amide bonds. The van der Waals surface area contributed by atoms with Crippen LogP contribution in [0.15, 0.2) is 54.9 Å². The Morgan fingerprint density at radius 2 is 1.94 bits per heavy atom. The number of rotatable bonds is 9. The third-order valence-corrected chi connectivity index (χ3v) is 6.49. The Morgan fingerprint density at radius 1 is 1.19 bits per heavy atom. The van der Waals surface area contributed by atoms with Crippen molar-refractivity contribution < 1.29 is 23.9 Å². The van der Waals surface area contributed by atoms with Crippen LogP contribution in [-0.4, -0.2) is 82.7 Å².